The van der Waals surface area contributed by atoms with Gasteiger partial charge in [0.1, 0.15) is 10.8 Å². The van der Waals surface area contributed by atoms with Gasteiger partial charge in [0.05, 0.1) is 19.7 Å². The molecule has 0 saturated heterocycles. The second kappa shape index (κ2) is 11.3. The maximum Gasteiger partial charge on any atom is 0.191 e. The van der Waals surface area contributed by atoms with Crippen molar-refractivity contribution in [3.05, 3.63) is 45.9 Å². The third-order valence-corrected chi connectivity index (χ3v) is 4.78. The minimum absolute atomic E-state index is 0. The molecule has 0 aliphatic heterocycles. The summed E-state index contributed by atoms with van der Waals surface area (Å²) in [5.41, 5.74) is 1.20. The molecule has 0 radical (unpaired) electrons. The molecule has 0 amide bonds. The number of guanidine groups is 1. The number of nitrogens with one attached hydrogen (secondary N) is 2. The van der Waals surface area contributed by atoms with Gasteiger partial charge in [0.25, 0.3) is 0 Å². The van der Waals surface area contributed by atoms with E-state index < -0.39 is 0 Å². The maximum absolute atomic E-state index is 5.34. The molecule has 0 saturated carbocycles. The molecule has 0 fully saturated rings. The number of aryl methyl sites for hydroxylation is 1. The van der Waals surface area contributed by atoms with E-state index in [2.05, 4.69) is 58.7 Å². The first-order chi connectivity index (χ1) is 12.0. The summed E-state index contributed by atoms with van der Waals surface area (Å²) in [5.74, 6) is 1.63. The number of aromatic nitrogens is 1. The van der Waals surface area contributed by atoms with Crippen molar-refractivity contribution in [2.24, 2.45) is 4.99 Å². The first-order valence-electron chi connectivity index (χ1n) is 8.19. The van der Waals surface area contributed by atoms with Crippen molar-refractivity contribution in [1.82, 2.24) is 20.5 Å². The Balaban J connectivity index is 0.00000338. The summed E-state index contributed by atoms with van der Waals surface area (Å²) in [6, 6.07) is 8.36. The lowest BCUT2D eigenvalue weighted by Crippen LogP contribution is -2.41. The number of methoxy groups -OCH3 is 1. The highest BCUT2D eigenvalue weighted by Crippen LogP contribution is 2.22. The van der Waals surface area contributed by atoms with Crippen molar-refractivity contribution in [3.8, 4) is 5.75 Å². The third-order valence-electron chi connectivity index (χ3n) is 3.86. The lowest BCUT2D eigenvalue weighted by molar-refractivity contribution is 0.297. The molecule has 26 heavy (non-hydrogen) atoms. The van der Waals surface area contributed by atoms with Crippen LogP contribution < -0.4 is 15.4 Å². The number of ether oxygens (including phenoxy) is 1. The average molecular weight is 489 g/mol. The number of thiazole rings is 1. The summed E-state index contributed by atoms with van der Waals surface area (Å²) in [4.78, 5) is 12.1. The van der Waals surface area contributed by atoms with Gasteiger partial charge in [0.15, 0.2) is 5.96 Å². The van der Waals surface area contributed by atoms with Crippen molar-refractivity contribution in [2.75, 3.05) is 34.8 Å². The fourth-order valence-electron chi connectivity index (χ4n) is 2.50. The molecule has 0 bridgehead atoms. The number of benzene rings is 1. The zero-order chi connectivity index (χ0) is 18.2. The zero-order valence-electron chi connectivity index (χ0n) is 15.9. The van der Waals surface area contributed by atoms with E-state index in [1.165, 1.54) is 10.4 Å². The predicted octanol–water partition coefficient (Wildman–Crippen LogP) is 3.05. The highest BCUT2D eigenvalue weighted by Gasteiger charge is 2.15. The van der Waals surface area contributed by atoms with E-state index in [1.54, 1.807) is 25.5 Å². The van der Waals surface area contributed by atoms with Gasteiger partial charge < -0.3 is 20.3 Å². The molecule has 1 aromatic carbocycles. The van der Waals surface area contributed by atoms with Crippen molar-refractivity contribution >= 4 is 41.3 Å². The molecule has 2 rings (SSSR count). The standard InChI is InChI=1S/C18H27N5OS.HI/c1-13-10-20-17(25-13)12-22-18(19-2)21-11-16(23(3)4)14-7-6-8-15(9-14)24-5;/h6-10,16H,11-12H2,1-5H3,(H2,19,21,22);1H. The molecule has 1 aromatic heterocycles. The van der Waals surface area contributed by atoms with E-state index in [1.807, 2.05) is 18.3 Å². The minimum Gasteiger partial charge on any atom is -0.497 e. The largest absolute Gasteiger partial charge is 0.497 e. The molecule has 0 aliphatic rings. The number of hydrogen-bond acceptors (Lipinski definition) is 5. The summed E-state index contributed by atoms with van der Waals surface area (Å²) in [5, 5.41) is 7.76. The number of nitrogens with zero attached hydrogens (tertiary/aromatic N) is 3. The van der Waals surface area contributed by atoms with Crippen LogP contribution in [0.4, 0.5) is 0 Å². The Labute approximate surface area is 177 Å². The van der Waals surface area contributed by atoms with Gasteiger partial charge in [-0.1, -0.05) is 12.1 Å². The molecule has 8 heteroatoms. The molecule has 1 unspecified atom stereocenters. The van der Waals surface area contributed by atoms with Crippen LogP contribution in [0.3, 0.4) is 0 Å². The van der Waals surface area contributed by atoms with Crippen LogP contribution in [-0.4, -0.2) is 50.6 Å². The number of aliphatic imine (C=N–C) groups is 1. The molecule has 0 aliphatic carbocycles. The first kappa shape index (κ1) is 22.7. The van der Waals surface area contributed by atoms with Crippen molar-refractivity contribution in [1.29, 1.82) is 0 Å². The second-order valence-corrected chi connectivity index (χ2v) is 7.25. The molecular formula is C18H28IN5OS. The molecule has 2 N–H and O–H groups in total. The fraction of sp³-hybridized carbons (Fsp3) is 0.444. The molecule has 1 heterocycles. The van der Waals surface area contributed by atoms with E-state index in [-0.39, 0.29) is 30.0 Å². The Morgan fingerprint density at radius 3 is 2.69 bits per heavy atom. The topological polar surface area (TPSA) is 61.8 Å². The molecule has 144 valence electrons. The van der Waals surface area contributed by atoms with Gasteiger partial charge in [-0.3, -0.25) is 4.99 Å². The highest BCUT2D eigenvalue weighted by atomic mass is 127. The lowest BCUT2D eigenvalue weighted by Gasteiger charge is -2.26. The second-order valence-electron chi connectivity index (χ2n) is 5.93. The van der Waals surface area contributed by atoms with E-state index in [0.29, 0.717) is 6.54 Å². The number of halogens is 1. The third kappa shape index (κ3) is 6.73. The fourth-order valence-corrected chi connectivity index (χ4v) is 3.23. The Bertz CT molecular complexity index is 704. The number of rotatable bonds is 7. The average Bonchev–Trinajstić information content (AvgIpc) is 3.03. The van der Waals surface area contributed by atoms with Crippen molar-refractivity contribution in [2.45, 2.75) is 19.5 Å². The summed E-state index contributed by atoms with van der Waals surface area (Å²) in [7, 11) is 7.60. The lowest BCUT2D eigenvalue weighted by atomic mass is 10.1. The van der Waals surface area contributed by atoms with Crippen LogP contribution in [-0.2, 0) is 6.54 Å². The minimum atomic E-state index is 0. The van der Waals surface area contributed by atoms with Crippen LogP contribution in [0.1, 0.15) is 21.5 Å². The molecule has 2 aromatic rings. The first-order valence-corrected chi connectivity index (χ1v) is 9.01. The molecule has 0 spiro atoms. The van der Waals surface area contributed by atoms with Gasteiger partial charge in [-0.15, -0.1) is 35.3 Å². The summed E-state index contributed by atoms with van der Waals surface area (Å²) >= 11 is 1.69. The van der Waals surface area contributed by atoms with Gasteiger partial charge in [-0.05, 0) is 38.7 Å². The number of hydrogen-bond donors (Lipinski definition) is 2. The molecule has 6 nitrogen and oxygen atoms in total. The Morgan fingerprint density at radius 2 is 2.12 bits per heavy atom. The zero-order valence-corrected chi connectivity index (χ0v) is 19.1. The van der Waals surface area contributed by atoms with E-state index in [4.69, 9.17) is 4.74 Å². The van der Waals surface area contributed by atoms with Gasteiger partial charge in [-0.2, -0.15) is 0 Å². The van der Waals surface area contributed by atoms with Gasteiger partial charge in [-0.25, -0.2) is 4.98 Å². The molecular weight excluding hydrogens is 461 g/mol. The smallest absolute Gasteiger partial charge is 0.191 e. The molecule has 1 atom stereocenters. The Hall–Kier alpha value is -1.39. The van der Waals surface area contributed by atoms with Gasteiger partial charge in [0, 0.05) is 24.7 Å². The summed E-state index contributed by atoms with van der Waals surface area (Å²) in [6.07, 6.45) is 1.89. The van der Waals surface area contributed by atoms with Crippen LogP contribution in [0, 0.1) is 6.92 Å². The van der Waals surface area contributed by atoms with Gasteiger partial charge >= 0.3 is 0 Å². The number of likely N-dealkylation sites (N-methyl/N-ethyl adjacent to an activating group) is 1. The van der Waals surface area contributed by atoms with Gasteiger partial charge in [0.2, 0.25) is 0 Å². The highest BCUT2D eigenvalue weighted by molar-refractivity contribution is 14.0. The van der Waals surface area contributed by atoms with Crippen LogP contribution in [0.25, 0.3) is 0 Å². The van der Waals surface area contributed by atoms with Crippen molar-refractivity contribution < 1.29 is 4.74 Å². The van der Waals surface area contributed by atoms with Crippen LogP contribution in [0.15, 0.2) is 35.5 Å². The normalized spacial score (nSPS) is 12.5. The summed E-state index contributed by atoms with van der Waals surface area (Å²) < 4.78 is 5.34. The SMILES string of the molecule is CN=C(NCc1ncc(C)s1)NCC(c1cccc(OC)c1)N(C)C.I. The van der Waals surface area contributed by atoms with E-state index >= 15 is 0 Å². The summed E-state index contributed by atoms with van der Waals surface area (Å²) in [6.45, 7) is 3.46. The van der Waals surface area contributed by atoms with Crippen molar-refractivity contribution in [3.63, 3.8) is 0 Å². The Morgan fingerprint density at radius 1 is 1.35 bits per heavy atom. The quantitative estimate of drug-likeness (QED) is 0.356. The Kier molecular flexibility index (Phi) is 9.89. The van der Waals surface area contributed by atoms with Crippen LogP contribution in [0.5, 0.6) is 5.75 Å². The van der Waals surface area contributed by atoms with Crippen LogP contribution in [0.2, 0.25) is 0 Å². The van der Waals surface area contributed by atoms with Crippen LogP contribution >= 0.6 is 35.3 Å². The maximum atomic E-state index is 5.34. The predicted molar refractivity (Wildman–Crippen MR) is 120 cm³/mol. The van der Waals surface area contributed by atoms with E-state index in [0.717, 1.165) is 23.3 Å². The monoisotopic (exact) mass is 489 g/mol. The van der Waals surface area contributed by atoms with E-state index in [9.17, 15) is 0 Å².